The number of hydrogen-bond acceptors (Lipinski definition) is 1. The summed E-state index contributed by atoms with van der Waals surface area (Å²) in [5, 5.41) is 3.55. The molecule has 17 heavy (non-hydrogen) atoms. The zero-order chi connectivity index (χ0) is 12.1. The summed E-state index contributed by atoms with van der Waals surface area (Å²) in [6.07, 6.45) is 0. The lowest BCUT2D eigenvalue weighted by molar-refractivity contribution is 0.573. The Morgan fingerprint density at radius 3 is 2.35 bits per heavy atom. The van der Waals surface area contributed by atoms with E-state index >= 15 is 0 Å². The highest BCUT2D eigenvalue weighted by molar-refractivity contribution is 14.1. The maximum atomic E-state index is 3.55. The highest BCUT2D eigenvalue weighted by Crippen LogP contribution is 2.15. The van der Waals surface area contributed by atoms with Crippen molar-refractivity contribution in [3.8, 4) is 0 Å². The van der Waals surface area contributed by atoms with Gasteiger partial charge in [0.1, 0.15) is 0 Å². The van der Waals surface area contributed by atoms with Crippen molar-refractivity contribution in [2.75, 3.05) is 0 Å². The smallest absolute Gasteiger partial charge is 0.0294 e. The van der Waals surface area contributed by atoms with Crippen LogP contribution < -0.4 is 5.32 Å². The minimum absolute atomic E-state index is 0.382. The van der Waals surface area contributed by atoms with Gasteiger partial charge in [0.15, 0.2) is 0 Å². The largest absolute Gasteiger partial charge is 0.306 e. The van der Waals surface area contributed by atoms with E-state index in [4.69, 9.17) is 0 Å². The van der Waals surface area contributed by atoms with Crippen molar-refractivity contribution >= 4 is 22.6 Å². The first kappa shape index (κ1) is 12.6. The summed E-state index contributed by atoms with van der Waals surface area (Å²) >= 11 is 2.38. The van der Waals surface area contributed by atoms with Crippen molar-refractivity contribution in [1.82, 2.24) is 5.32 Å². The molecular weight excluding hydrogens is 321 g/mol. The second-order valence-corrected chi connectivity index (χ2v) is 5.27. The minimum atomic E-state index is 0.382. The SMILES string of the molecule is C[C@@H](NCc1ccccc1I)c1ccccc1. The Bertz CT molecular complexity index is 467. The van der Waals surface area contributed by atoms with Gasteiger partial charge in [-0.05, 0) is 46.7 Å². The molecule has 0 unspecified atom stereocenters. The third kappa shape index (κ3) is 3.54. The molecule has 1 N–H and O–H groups in total. The van der Waals surface area contributed by atoms with Gasteiger partial charge in [0.25, 0.3) is 0 Å². The average Bonchev–Trinajstić information content (AvgIpc) is 2.38. The molecule has 0 aliphatic carbocycles. The molecular formula is C15H16IN. The van der Waals surface area contributed by atoms with Crippen LogP contribution >= 0.6 is 22.6 Å². The Hall–Kier alpha value is -0.870. The van der Waals surface area contributed by atoms with E-state index in [9.17, 15) is 0 Å². The van der Waals surface area contributed by atoms with Gasteiger partial charge in [-0.25, -0.2) is 0 Å². The maximum absolute atomic E-state index is 3.55. The summed E-state index contributed by atoms with van der Waals surface area (Å²) in [6.45, 7) is 3.11. The molecule has 2 heteroatoms. The molecule has 88 valence electrons. The van der Waals surface area contributed by atoms with Crippen LogP contribution in [0.4, 0.5) is 0 Å². The van der Waals surface area contributed by atoms with Crippen LogP contribution in [0, 0.1) is 3.57 Å². The zero-order valence-corrected chi connectivity index (χ0v) is 12.0. The number of halogens is 1. The van der Waals surface area contributed by atoms with E-state index in [1.54, 1.807) is 0 Å². The van der Waals surface area contributed by atoms with Gasteiger partial charge in [-0.1, -0.05) is 48.5 Å². The molecule has 0 aromatic heterocycles. The molecule has 0 fully saturated rings. The van der Waals surface area contributed by atoms with E-state index in [2.05, 4.69) is 89.4 Å². The summed E-state index contributed by atoms with van der Waals surface area (Å²) in [5.41, 5.74) is 2.69. The van der Waals surface area contributed by atoms with Gasteiger partial charge in [-0.15, -0.1) is 0 Å². The highest BCUT2D eigenvalue weighted by atomic mass is 127. The second-order valence-electron chi connectivity index (χ2n) is 4.10. The molecule has 0 saturated carbocycles. The fourth-order valence-corrected chi connectivity index (χ4v) is 2.34. The summed E-state index contributed by atoms with van der Waals surface area (Å²) in [4.78, 5) is 0. The molecule has 0 aliphatic heterocycles. The van der Waals surface area contributed by atoms with Crippen molar-refractivity contribution in [2.24, 2.45) is 0 Å². The Morgan fingerprint density at radius 1 is 1.00 bits per heavy atom. The monoisotopic (exact) mass is 337 g/mol. The van der Waals surface area contributed by atoms with Crippen LogP contribution in [-0.4, -0.2) is 0 Å². The standard InChI is InChI=1S/C15H16IN/c1-12(13-7-3-2-4-8-13)17-11-14-9-5-6-10-15(14)16/h2-10,12,17H,11H2,1H3/t12-/m1/s1. The average molecular weight is 337 g/mol. The lowest BCUT2D eigenvalue weighted by atomic mass is 10.1. The first-order chi connectivity index (χ1) is 8.27. The quantitative estimate of drug-likeness (QED) is 0.827. The van der Waals surface area contributed by atoms with Gasteiger partial charge in [-0.3, -0.25) is 0 Å². The maximum Gasteiger partial charge on any atom is 0.0294 e. The molecule has 0 saturated heterocycles. The van der Waals surface area contributed by atoms with Crippen molar-refractivity contribution in [3.05, 3.63) is 69.3 Å². The minimum Gasteiger partial charge on any atom is -0.306 e. The fraction of sp³-hybridized carbons (Fsp3) is 0.200. The number of rotatable bonds is 4. The Labute approximate surface area is 116 Å². The summed E-state index contributed by atoms with van der Waals surface area (Å²) in [5.74, 6) is 0. The lowest BCUT2D eigenvalue weighted by Gasteiger charge is -2.14. The van der Waals surface area contributed by atoms with E-state index in [1.165, 1.54) is 14.7 Å². The molecule has 0 aliphatic rings. The molecule has 0 spiro atoms. The Morgan fingerprint density at radius 2 is 1.65 bits per heavy atom. The highest BCUT2D eigenvalue weighted by Gasteiger charge is 2.04. The van der Waals surface area contributed by atoms with E-state index in [0.717, 1.165) is 6.54 Å². The lowest BCUT2D eigenvalue weighted by Crippen LogP contribution is -2.18. The topological polar surface area (TPSA) is 12.0 Å². The van der Waals surface area contributed by atoms with Crippen LogP contribution in [0.5, 0.6) is 0 Å². The van der Waals surface area contributed by atoms with Crippen LogP contribution in [0.1, 0.15) is 24.1 Å². The third-order valence-corrected chi connectivity index (χ3v) is 3.91. The molecule has 2 rings (SSSR count). The molecule has 2 aromatic rings. The molecule has 0 heterocycles. The summed E-state index contributed by atoms with van der Waals surface area (Å²) in [7, 11) is 0. The first-order valence-corrected chi connectivity index (χ1v) is 6.87. The number of benzene rings is 2. The predicted molar refractivity (Wildman–Crippen MR) is 80.9 cm³/mol. The third-order valence-electron chi connectivity index (χ3n) is 2.86. The van der Waals surface area contributed by atoms with Crippen LogP contribution in [0.2, 0.25) is 0 Å². The second kappa shape index (κ2) is 6.17. The van der Waals surface area contributed by atoms with Crippen LogP contribution in [0.25, 0.3) is 0 Å². The van der Waals surface area contributed by atoms with Crippen molar-refractivity contribution in [1.29, 1.82) is 0 Å². The number of nitrogens with one attached hydrogen (secondary N) is 1. The van der Waals surface area contributed by atoms with E-state index in [-0.39, 0.29) is 0 Å². The van der Waals surface area contributed by atoms with Crippen LogP contribution in [-0.2, 0) is 6.54 Å². The van der Waals surface area contributed by atoms with Gasteiger partial charge in [0.2, 0.25) is 0 Å². The van der Waals surface area contributed by atoms with E-state index in [0.29, 0.717) is 6.04 Å². The van der Waals surface area contributed by atoms with Gasteiger partial charge >= 0.3 is 0 Å². The molecule has 1 atom stereocenters. The number of hydrogen-bond donors (Lipinski definition) is 1. The Balaban J connectivity index is 1.97. The normalized spacial score (nSPS) is 12.4. The van der Waals surface area contributed by atoms with Crippen LogP contribution in [0.3, 0.4) is 0 Å². The van der Waals surface area contributed by atoms with Crippen molar-refractivity contribution in [2.45, 2.75) is 19.5 Å². The molecule has 0 radical (unpaired) electrons. The summed E-state index contributed by atoms with van der Waals surface area (Å²) in [6, 6.07) is 19.4. The first-order valence-electron chi connectivity index (χ1n) is 5.79. The van der Waals surface area contributed by atoms with Gasteiger partial charge in [0, 0.05) is 16.2 Å². The van der Waals surface area contributed by atoms with Gasteiger partial charge < -0.3 is 5.32 Å². The summed E-state index contributed by atoms with van der Waals surface area (Å²) < 4.78 is 1.32. The molecule has 1 nitrogen and oxygen atoms in total. The molecule has 0 amide bonds. The van der Waals surface area contributed by atoms with Gasteiger partial charge in [0.05, 0.1) is 0 Å². The van der Waals surface area contributed by atoms with Crippen molar-refractivity contribution in [3.63, 3.8) is 0 Å². The molecule has 2 aromatic carbocycles. The van der Waals surface area contributed by atoms with Crippen LogP contribution in [0.15, 0.2) is 54.6 Å². The molecule has 0 bridgehead atoms. The van der Waals surface area contributed by atoms with Gasteiger partial charge in [-0.2, -0.15) is 0 Å². The van der Waals surface area contributed by atoms with E-state index < -0.39 is 0 Å². The van der Waals surface area contributed by atoms with E-state index in [1.807, 2.05) is 0 Å². The Kier molecular flexibility index (Phi) is 4.57. The predicted octanol–water partition coefficient (Wildman–Crippen LogP) is 4.14. The zero-order valence-electron chi connectivity index (χ0n) is 9.86. The fourth-order valence-electron chi connectivity index (χ4n) is 1.76. The van der Waals surface area contributed by atoms with Crippen molar-refractivity contribution < 1.29 is 0 Å².